The van der Waals surface area contributed by atoms with Crippen LogP contribution in [-0.2, 0) is 9.59 Å². The molecule has 1 aliphatic rings. The maximum atomic E-state index is 12.5. The SMILES string of the molecule is CCOc1ccc(NC(=O)CN2C(=O)S/C(=C/C=C/c3ccc(OC)cc3)C2=O)cc1. The minimum absolute atomic E-state index is 0.267. The van der Waals surface area contributed by atoms with E-state index in [1.54, 1.807) is 43.5 Å². The minimum Gasteiger partial charge on any atom is -0.497 e. The van der Waals surface area contributed by atoms with Crippen LogP contribution in [0.25, 0.3) is 6.08 Å². The van der Waals surface area contributed by atoms with Crippen LogP contribution in [0, 0.1) is 0 Å². The molecule has 0 unspecified atom stereocenters. The normalized spacial score (nSPS) is 15.0. The van der Waals surface area contributed by atoms with Gasteiger partial charge in [-0.05, 0) is 66.7 Å². The van der Waals surface area contributed by atoms with Crippen molar-refractivity contribution < 1.29 is 23.9 Å². The molecule has 0 radical (unpaired) electrons. The van der Waals surface area contributed by atoms with E-state index in [0.29, 0.717) is 18.0 Å². The molecular formula is C23H22N2O5S. The fourth-order valence-electron chi connectivity index (χ4n) is 2.76. The summed E-state index contributed by atoms with van der Waals surface area (Å²) in [5.74, 6) is 0.499. The van der Waals surface area contributed by atoms with Gasteiger partial charge in [0.2, 0.25) is 5.91 Å². The molecule has 1 N–H and O–H groups in total. The van der Waals surface area contributed by atoms with Gasteiger partial charge in [0.15, 0.2) is 0 Å². The number of anilines is 1. The van der Waals surface area contributed by atoms with Gasteiger partial charge in [-0.1, -0.05) is 24.3 Å². The van der Waals surface area contributed by atoms with Gasteiger partial charge in [-0.25, -0.2) is 0 Å². The second-order valence-corrected chi connectivity index (χ2v) is 7.42. The molecule has 0 saturated carbocycles. The Kier molecular flexibility index (Phi) is 7.50. The zero-order valence-corrected chi connectivity index (χ0v) is 18.0. The van der Waals surface area contributed by atoms with Gasteiger partial charge in [0.25, 0.3) is 11.1 Å². The molecule has 3 rings (SSSR count). The van der Waals surface area contributed by atoms with Crippen LogP contribution in [0.5, 0.6) is 11.5 Å². The average molecular weight is 439 g/mol. The molecule has 1 aliphatic heterocycles. The molecule has 2 aromatic carbocycles. The second kappa shape index (κ2) is 10.5. The first-order chi connectivity index (χ1) is 15.0. The summed E-state index contributed by atoms with van der Waals surface area (Å²) in [6.45, 7) is 2.08. The molecule has 8 heteroatoms. The molecular weight excluding hydrogens is 416 g/mol. The van der Waals surface area contributed by atoms with Crippen LogP contribution in [0.1, 0.15) is 12.5 Å². The molecule has 0 aromatic heterocycles. The standard InChI is InChI=1S/C23H22N2O5S/c1-3-30-19-13-9-17(10-14-19)24-21(26)15-25-22(27)20(31-23(25)28)6-4-5-16-7-11-18(29-2)12-8-16/h4-14H,3,15H2,1-2H3,(H,24,26)/b5-4+,20-6+. The molecule has 31 heavy (non-hydrogen) atoms. The number of carbonyl (C=O) groups excluding carboxylic acids is 3. The molecule has 7 nitrogen and oxygen atoms in total. The summed E-state index contributed by atoms with van der Waals surface area (Å²) in [4.78, 5) is 38.2. The van der Waals surface area contributed by atoms with E-state index in [1.807, 2.05) is 37.3 Å². The summed E-state index contributed by atoms with van der Waals surface area (Å²) in [6.07, 6.45) is 5.07. The molecule has 2 aromatic rings. The lowest BCUT2D eigenvalue weighted by Crippen LogP contribution is -2.36. The molecule has 160 valence electrons. The Labute approximate surface area is 184 Å². The third-order valence-corrected chi connectivity index (χ3v) is 5.20. The Balaban J connectivity index is 1.58. The third kappa shape index (κ3) is 5.99. The van der Waals surface area contributed by atoms with E-state index >= 15 is 0 Å². The predicted octanol–water partition coefficient (Wildman–Crippen LogP) is 4.33. The van der Waals surface area contributed by atoms with Gasteiger partial charge < -0.3 is 14.8 Å². The van der Waals surface area contributed by atoms with E-state index in [-0.39, 0.29) is 11.4 Å². The molecule has 0 atom stereocenters. The number of nitrogens with zero attached hydrogens (tertiary/aromatic N) is 1. The number of benzene rings is 2. The molecule has 1 saturated heterocycles. The number of rotatable bonds is 8. The van der Waals surface area contributed by atoms with Gasteiger partial charge in [-0.15, -0.1) is 0 Å². The molecule has 0 aliphatic carbocycles. The lowest BCUT2D eigenvalue weighted by atomic mass is 10.2. The van der Waals surface area contributed by atoms with Crippen LogP contribution in [0.4, 0.5) is 10.5 Å². The predicted molar refractivity (Wildman–Crippen MR) is 121 cm³/mol. The Hall–Kier alpha value is -3.52. The highest BCUT2D eigenvalue weighted by Gasteiger charge is 2.35. The second-order valence-electron chi connectivity index (χ2n) is 6.43. The summed E-state index contributed by atoms with van der Waals surface area (Å²) in [5.41, 5.74) is 1.48. The highest BCUT2D eigenvalue weighted by Crippen LogP contribution is 2.30. The first kappa shape index (κ1) is 22.2. The van der Waals surface area contributed by atoms with Gasteiger partial charge in [0.05, 0.1) is 18.6 Å². The molecule has 0 bridgehead atoms. The Morgan fingerprint density at radius 2 is 1.74 bits per heavy atom. The van der Waals surface area contributed by atoms with Gasteiger partial charge in [0, 0.05) is 5.69 Å². The summed E-state index contributed by atoms with van der Waals surface area (Å²) in [6, 6.07) is 14.3. The van der Waals surface area contributed by atoms with Crippen molar-refractivity contribution in [1.82, 2.24) is 4.90 Å². The van der Waals surface area contributed by atoms with Crippen LogP contribution >= 0.6 is 11.8 Å². The highest BCUT2D eigenvalue weighted by molar-refractivity contribution is 8.18. The van der Waals surface area contributed by atoms with E-state index in [9.17, 15) is 14.4 Å². The van der Waals surface area contributed by atoms with Crippen LogP contribution in [0.3, 0.4) is 0 Å². The molecule has 1 heterocycles. The zero-order valence-electron chi connectivity index (χ0n) is 17.2. The Morgan fingerprint density at radius 1 is 1.06 bits per heavy atom. The van der Waals surface area contributed by atoms with Crippen LogP contribution in [-0.4, -0.2) is 42.2 Å². The number of nitrogens with one attached hydrogen (secondary N) is 1. The van der Waals surface area contributed by atoms with Gasteiger partial charge >= 0.3 is 0 Å². The number of thioether (sulfide) groups is 1. The molecule has 3 amide bonds. The lowest BCUT2D eigenvalue weighted by molar-refractivity contribution is -0.127. The summed E-state index contributed by atoms with van der Waals surface area (Å²) in [5, 5.41) is 2.20. The van der Waals surface area contributed by atoms with Gasteiger partial charge in [-0.3, -0.25) is 19.3 Å². The third-order valence-electron chi connectivity index (χ3n) is 4.28. The van der Waals surface area contributed by atoms with Gasteiger partial charge in [0.1, 0.15) is 18.0 Å². The fourth-order valence-corrected chi connectivity index (χ4v) is 3.55. The van der Waals surface area contributed by atoms with Crippen molar-refractivity contribution in [3.05, 3.63) is 71.2 Å². The number of hydrogen-bond acceptors (Lipinski definition) is 6. The smallest absolute Gasteiger partial charge is 0.294 e. The first-order valence-electron chi connectivity index (χ1n) is 9.59. The Bertz CT molecular complexity index is 1010. The number of methoxy groups -OCH3 is 1. The van der Waals surface area contributed by atoms with Crippen molar-refractivity contribution in [3.8, 4) is 11.5 Å². The van der Waals surface area contributed by atoms with E-state index < -0.39 is 17.1 Å². The van der Waals surface area contributed by atoms with Crippen molar-refractivity contribution in [3.63, 3.8) is 0 Å². The number of imide groups is 1. The number of allylic oxidation sites excluding steroid dienone is 2. The molecule has 1 fully saturated rings. The first-order valence-corrected chi connectivity index (χ1v) is 10.4. The van der Waals surface area contributed by atoms with Crippen molar-refractivity contribution >= 4 is 40.6 Å². The quantitative estimate of drug-likeness (QED) is 0.618. The topological polar surface area (TPSA) is 84.9 Å². The van der Waals surface area contributed by atoms with E-state index in [4.69, 9.17) is 9.47 Å². The minimum atomic E-state index is -0.490. The lowest BCUT2D eigenvalue weighted by Gasteiger charge is -2.12. The average Bonchev–Trinajstić information content (AvgIpc) is 3.03. The van der Waals surface area contributed by atoms with Crippen LogP contribution in [0.2, 0.25) is 0 Å². The van der Waals surface area contributed by atoms with Crippen LogP contribution in [0.15, 0.2) is 65.6 Å². The van der Waals surface area contributed by atoms with Gasteiger partial charge in [-0.2, -0.15) is 0 Å². The maximum Gasteiger partial charge on any atom is 0.294 e. The molecule has 0 spiro atoms. The zero-order chi connectivity index (χ0) is 22.2. The number of ether oxygens (including phenoxy) is 2. The van der Waals surface area contributed by atoms with E-state index in [1.165, 1.54) is 0 Å². The van der Waals surface area contributed by atoms with Crippen molar-refractivity contribution in [1.29, 1.82) is 0 Å². The number of amides is 3. The summed E-state index contributed by atoms with van der Waals surface area (Å²) in [7, 11) is 1.60. The Morgan fingerprint density at radius 3 is 2.39 bits per heavy atom. The van der Waals surface area contributed by atoms with E-state index in [2.05, 4.69) is 5.32 Å². The number of carbonyl (C=O) groups is 3. The summed E-state index contributed by atoms with van der Waals surface area (Å²) >= 11 is 0.809. The largest absolute Gasteiger partial charge is 0.497 e. The van der Waals surface area contributed by atoms with E-state index in [0.717, 1.165) is 28.0 Å². The van der Waals surface area contributed by atoms with Crippen LogP contribution < -0.4 is 14.8 Å². The number of hydrogen-bond donors (Lipinski definition) is 1. The monoisotopic (exact) mass is 438 g/mol. The fraction of sp³-hybridized carbons (Fsp3) is 0.174. The highest BCUT2D eigenvalue weighted by atomic mass is 32.2. The van der Waals surface area contributed by atoms with Crippen molar-refractivity contribution in [2.75, 3.05) is 25.6 Å². The maximum absolute atomic E-state index is 12.5. The van der Waals surface area contributed by atoms with Crippen molar-refractivity contribution in [2.45, 2.75) is 6.92 Å². The summed E-state index contributed by atoms with van der Waals surface area (Å²) < 4.78 is 10.5. The van der Waals surface area contributed by atoms with Crippen molar-refractivity contribution in [2.24, 2.45) is 0 Å².